The van der Waals surface area contributed by atoms with Crippen molar-refractivity contribution in [1.82, 2.24) is 9.55 Å². The summed E-state index contributed by atoms with van der Waals surface area (Å²) in [7, 11) is 1.73. The number of nitrogens with zero attached hydrogens (tertiary/aromatic N) is 2. The molecule has 1 heterocycles. The van der Waals surface area contributed by atoms with Gasteiger partial charge in [-0.3, -0.25) is 0 Å². The highest BCUT2D eigenvalue weighted by Crippen LogP contribution is 2.50. The van der Waals surface area contributed by atoms with Crippen molar-refractivity contribution in [3.05, 3.63) is 27.3 Å². The molecule has 1 aromatic heterocycles. The number of alkyl halides is 1. The van der Waals surface area contributed by atoms with E-state index in [2.05, 4.69) is 9.55 Å². The van der Waals surface area contributed by atoms with Gasteiger partial charge in [0, 0.05) is 26.3 Å². The number of rotatable bonds is 6. The highest BCUT2D eigenvalue weighted by molar-refractivity contribution is 14.1. The van der Waals surface area contributed by atoms with E-state index in [1.165, 1.54) is 12.8 Å². The summed E-state index contributed by atoms with van der Waals surface area (Å²) in [6.07, 6.45) is 3.40. The van der Waals surface area contributed by atoms with Crippen molar-refractivity contribution < 1.29 is 9.13 Å². The summed E-state index contributed by atoms with van der Waals surface area (Å²) in [6.45, 7) is 1.60. The lowest BCUT2D eigenvalue weighted by Gasteiger charge is -2.17. The first-order valence-electron chi connectivity index (χ1n) is 6.98. The molecule has 1 aliphatic carbocycles. The Morgan fingerprint density at radius 2 is 2.24 bits per heavy atom. The Balaban J connectivity index is 1.98. The molecule has 0 spiro atoms. The Morgan fingerprint density at radius 3 is 2.86 bits per heavy atom. The number of fused-ring (bicyclic) bond motifs is 1. The maximum absolute atomic E-state index is 13.9. The normalized spacial score (nSPS) is 16.6. The van der Waals surface area contributed by atoms with Crippen LogP contribution in [0.5, 0.6) is 0 Å². The lowest BCUT2D eigenvalue weighted by molar-refractivity contribution is 0.167. The number of halogens is 3. The van der Waals surface area contributed by atoms with Gasteiger partial charge in [0.1, 0.15) is 11.6 Å². The molecule has 1 aromatic carbocycles. The van der Waals surface area contributed by atoms with Crippen molar-refractivity contribution in [2.75, 3.05) is 13.7 Å². The van der Waals surface area contributed by atoms with Crippen LogP contribution in [0.3, 0.4) is 0 Å². The van der Waals surface area contributed by atoms with Gasteiger partial charge in [-0.2, -0.15) is 0 Å². The molecule has 0 saturated heterocycles. The van der Waals surface area contributed by atoms with Crippen LogP contribution in [0, 0.1) is 14.8 Å². The predicted octanol–water partition coefficient (Wildman–Crippen LogP) is 4.34. The molecule has 0 radical (unpaired) electrons. The number of imidazole rings is 1. The quantitative estimate of drug-likeness (QED) is 0.512. The van der Waals surface area contributed by atoms with E-state index in [-0.39, 0.29) is 11.2 Å². The van der Waals surface area contributed by atoms with Gasteiger partial charge < -0.3 is 9.30 Å². The zero-order valence-electron chi connectivity index (χ0n) is 11.8. The van der Waals surface area contributed by atoms with Crippen LogP contribution >= 0.6 is 34.2 Å². The summed E-state index contributed by atoms with van der Waals surface area (Å²) in [4.78, 5) is 4.55. The molecule has 0 atom stereocenters. The largest absolute Gasteiger partial charge is 0.385 e. The van der Waals surface area contributed by atoms with E-state index >= 15 is 0 Å². The van der Waals surface area contributed by atoms with Gasteiger partial charge in [0.15, 0.2) is 0 Å². The average Bonchev–Trinajstić information content (AvgIpc) is 3.16. The lowest BCUT2D eigenvalue weighted by atomic mass is 10.0. The second-order valence-corrected chi connectivity index (χ2v) is 7.18. The zero-order chi connectivity index (χ0) is 15.0. The van der Waals surface area contributed by atoms with Crippen molar-refractivity contribution >= 4 is 45.2 Å². The summed E-state index contributed by atoms with van der Waals surface area (Å²) >= 11 is 8.02. The molecule has 3 rings (SSSR count). The molecule has 0 aliphatic heterocycles. The number of hydrogen-bond acceptors (Lipinski definition) is 2. The minimum Gasteiger partial charge on any atom is -0.385 e. The van der Waals surface area contributed by atoms with E-state index < -0.39 is 0 Å². The van der Waals surface area contributed by atoms with Crippen LogP contribution in [0.25, 0.3) is 11.0 Å². The standard InChI is InChI=1S/C15H17ClFIN2O/c1-21-5-4-15(2-3-15)9-20-13-6-10(17)11(18)7-12(13)19-14(20)8-16/h6-7H,2-5,8-9H2,1H3. The first-order valence-corrected chi connectivity index (χ1v) is 8.59. The van der Waals surface area contributed by atoms with Crippen LogP contribution in [0.15, 0.2) is 12.1 Å². The molecule has 1 aliphatic rings. The molecular weight excluding hydrogens is 406 g/mol. The van der Waals surface area contributed by atoms with Gasteiger partial charge in [0.2, 0.25) is 0 Å². The average molecular weight is 423 g/mol. The molecule has 1 fully saturated rings. The first-order chi connectivity index (χ1) is 10.1. The summed E-state index contributed by atoms with van der Waals surface area (Å²) in [5.74, 6) is 0.955. The Labute approximate surface area is 142 Å². The molecule has 2 aromatic rings. The zero-order valence-corrected chi connectivity index (χ0v) is 14.7. The third-order valence-corrected chi connectivity index (χ3v) is 5.34. The van der Waals surface area contributed by atoms with Gasteiger partial charge >= 0.3 is 0 Å². The van der Waals surface area contributed by atoms with Crippen molar-refractivity contribution in [3.63, 3.8) is 0 Å². The van der Waals surface area contributed by atoms with Crippen LogP contribution in [-0.2, 0) is 17.2 Å². The molecule has 114 valence electrons. The molecule has 6 heteroatoms. The summed E-state index contributed by atoms with van der Waals surface area (Å²) in [5, 5.41) is 0. The number of hydrogen-bond donors (Lipinski definition) is 0. The number of methoxy groups -OCH3 is 1. The number of aromatic nitrogens is 2. The van der Waals surface area contributed by atoms with Gasteiger partial charge in [-0.15, -0.1) is 11.6 Å². The van der Waals surface area contributed by atoms with Crippen molar-refractivity contribution in [1.29, 1.82) is 0 Å². The fourth-order valence-corrected chi connectivity index (χ4v) is 3.42. The second kappa shape index (κ2) is 6.01. The molecule has 3 nitrogen and oxygen atoms in total. The fourth-order valence-electron chi connectivity index (χ4n) is 2.77. The summed E-state index contributed by atoms with van der Waals surface area (Å²) < 4.78 is 21.8. The van der Waals surface area contributed by atoms with Crippen LogP contribution in [-0.4, -0.2) is 23.3 Å². The van der Waals surface area contributed by atoms with Gasteiger partial charge in [0.05, 0.1) is 20.5 Å². The fraction of sp³-hybridized carbons (Fsp3) is 0.533. The highest BCUT2D eigenvalue weighted by Gasteiger charge is 2.43. The van der Waals surface area contributed by atoms with Crippen LogP contribution in [0.2, 0.25) is 0 Å². The van der Waals surface area contributed by atoms with Crippen molar-refractivity contribution in [2.45, 2.75) is 31.7 Å². The van der Waals surface area contributed by atoms with E-state index in [9.17, 15) is 4.39 Å². The maximum Gasteiger partial charge on any atom is 0.138 e. The van der Waals surface area contributed by atoms with E-state index in [0.717, 1.165) is 36.4 Å². The molecular formula is C15H17ClFIN2O. The SMILES string of the molecule is COCCC1(Cn2c(CCl)nc3cc(I)c(F)cc32)CC1. The molecule has 1 saturated carbocycles. The number of benzene rings is 1. The summed E-state index contributed by atoms with van der Waals surface area (Å²) in [6, 6.07) is 3.36. The van der Waals surface area contributed by atoms with Gasteiger partial charge in [-0.25, -0.2) is 9.37 Å². The second-order valence-electron chi connectivity index (χ2n) is 5.75. The monoisotopic (exact) mass is 422 g/mol. The Morgan fingerprint density at radius 1 is 1.48 bits per heavy atom. The smallest absolute Gasteiger partial charge is 0.138 e. The lowest BCUT2D eigenvalue weighted by Crippen LogP contribution is -2.15. The van der Waals surface area contributed by atoms with Crippen molar-refractivity contribution in [2.24, 2.45) is 5.41 Å². The Bertz CT molecular complexity index is 669. The van der Waals surface area contributed by atoms with Gasteiger partial charge in [-0.1, -0.05) is 0 Å². The minimum atomic E-state index is -0.202. The highest BCUT2D eigenvalue weighted by atomic mass is 127. The Hall–Kier alpha value is -0.400. The molecule has 21 heavy (non-hydrogen) atoms. The molecule has 0 amide bonds. The molecule has 0 bridgehead atoms. The van der Waals surface area contributed by atoms with E-state index in [0.29, 0.717) is 9.45 Å². The first kappa shape index (κ1) is 15.5. The summed E-state index contributed by atoms with van der Waals surface area (Å²) in [5.41, 5.74) is 1.93. The topological polar surface area (TPSA) is 27.1 Å². The van der Waals surface area contributed by atoms with Crippen LogP contribution in [0.4, 0.5) is 4.39 Å². The third-order valence-electron chi connectivity index (χ3n) is 4.28. The van der Waals surface area contributed by atoms with Crippen LogP contribution in [0.1, 0.15) is 25.1 Å². The van der Waals surface area contributed by atoms with E-state index in [1.54, 1.807) is 19.2 Å². The van der Waals surface area contributed by atoms with Gasteiger partial charge in [0.25, 0.3) is 0 Å². The molecule has 0 N–H and O–H groups in total. The van der Waals surface area contributed by atoms with Crippen molar-refractivity contribution in [3.8, 4) is 0 Å². The minimum absolute atomic E-state index is 0.202. The van der Waals surface area contributed by atoms with Gasteiger partial charge in [-0.05, 0) is 53.3 Å². The van der Waals surface area contributed by atoms with E-state index in [4.69, 9.17) is 16.3 Å². The third kappa shape index (κ3) is 3.05. The predicted molar refractivity (Wildman–Crippen MR) is 90.1 cm³/mol. The molecule has 0 unspecified atom stereocenters. The number of ether oxygens (including phenoxy) is 1. The van der Waals surface area contributed by atoms with Crippen LogP contribution < -0.4 is 0 Å². The Kier molecular flexibility index (Phi) is 4.43. The van der Waals surface area contributed by atoms with E-state index in [1.807, 2.05) is 22.6 Å². The maximum atomic E-state index is 13.9.